The fraction of sp³-hybridized carbons (Fsp3) is 0.500. The van der Waals surface area contributed by atoms with E-state index in [2.05, 4.69) is 4.98 Å². The molecule has 0 saturated carbocycles. The van der Waals surface area contributed by atoms with Crippen LogP contribution in [0.25, 0.3) is 0 Å². The lowest BCUT2D eigenvalue weighted by Gasteiger charge is -2.36. The van der Waals surface area contributed by atoms with E-state index in [1.165, 1.54) is 4.90 Å². The van der Waals surface area contributed by atoms with Gasteiger partial charge in [0.05, 0.1) is 6.04 Å². The highest BCUT2D eigenvalue weighted by molar-refractivity contribution is 5.65. The SMILES string of the molecule is O=C(O)N1CCCCC1C(O)c1cccnc1. The molecule has 2 heterocycles. The molecule has 2 unspecified atom stereocenters. The Morgan fingerprint density at radius 3 is 3.00 bits per heavy atom. The largest absolute Gasteiger partial charge is 0.465 e. The van der Waals surface area contributed by atoms with Gasteiger partial charge in [0.15, 0.2) is 0 Å². The van der Waals surface area contributed by atoms with E-state index in [0.29, 0.717) is 18.5 Å². The van der Waals surface area contributed by atoms with Crippen LogP contribution < -0.4 is 0 Å². The second kappa shape index (κ2) is 5.14. The molecule has 2 rings (SSSR count). The molecule has 1 amide bonds. The molecule has 1 saturated heterocycles. The smallest absolute Gasteiger partial charge is 0.407 e. The third-order valence-electron chi connectivity index (χ3n) is 3.19. The monoisotopic (exact) mass is 236 g/mol. The first-order chi connectivity index (χ1) is 8.20. The van der Waals surface area contributed by atoms with Gasteiger partial charge in [-0.2, -0.15) is 0 Å². The van der Waals surface area contributed by atoms with Gasteiger partial charge in [0.1, 0.15) is 6.10 Å². The quantitative estimate of drug-likeness (QED) is 0.818. The number of hydrogen-bond donors (Lipinski definition) is 2. The van der Waals surface area contributed by atoms with Gasteiger partial charge in [-0.25, -0.2) is 4.79 Å². The maximum absolute atomic E-state index is 11.1. The topological polar surface area (TPSA) is 73.7 Å². The van der Waals surface area contributed by atoms with E-state index in [0.717, 1.165) is 12.8 Å². The zero-order valence-electron chi connectivity index (χ0n) is 9.49. The van der Waals surface area contributed by atoms with E-state index in [1.54, 1.807) is 24.5 Å². The summed E-state index contributed by atoms with van der Waals surface area (Å²) >= 11 is 0. The van der Waals surface area contributed by atoms with Crippen LogP contribution in [-0.2, 0) is 0 Å². The number of piperidine rings is 1. The van der Waals surface area contributed by atoms with Gasteiger partial charge in [-0.3, -0.25) is 4.98 Å². The lowest BCUT2D eigenvalue weighted by Crippen LogP contribution is -2.46. The lowest BCUT2D eigenvalue weighted by molar-refractivity contribution is 0.0284. The van der Waals surface area contributed by atoms with Crippen molar-refractivity contribution in [2.75, 3.05) is 6.54 Å². The number of aliphatic hydroxyl groups excluding tert-OH is 1. The van der Waals surface area contributed by atoms with Crippen molar-refractivity contribution >= 4 is 6.09 Å². The van der Waals surface area contributed by atoms with Crippen molar-refractivity contribution in [3.63, 3.8) is 0 Å². The number of likely N-dealkylation sites (tertiary alicyclic amines) is 1. The van der Waals surface area contributed by atoms with Crippen molar-refractivity contribution in [2.45, 2.75) is 31.4 Å². The summed E-state index contributed by atoms with van der Waals surface area (Å²) in [5.41, 5.74) is 0.672. The van der Waals surface area contributed by atoms with Gasteiger partial charge < -0.3 is 15.1 Å². The maximum Gasteiger partial charge on any atom is 0.407 e. The number of pyridine rings is 1. The Balaban J connectivity index is 2.16. The Bertz CT molecular complexity index is 383. The predicted octanol–water partition coefficient (Wildman–Crippen LogP) is 1.65. The molecule has 0 spiro atoms. The molecule has 0 aromatic carbocycles. The molecule has 92 valence electrons. The first-order valence-corrected chi connectivity index (χ1v) is 5.77. The molecule has 1 aromatic rings. The molecule has 0 bridgehead atoms. The molecule has 2 atom stereocenters. The van der Waals surface area contributed by atoms with Gasteiger partial charge in [0.25, 0.3) is 0 Å². The molecule has 0 radical (unpaired) electrons. The Morgan fingerprint density at radius 2 is 2.35 bits per heavy atom. The minimum absolute atomic E-state index is 0.356. The molecule has 1 aliphatic heterocycles. The highest BCUT2D eigenvalue weighted by Gasteiger charge is 2.32. The number of nitrogens with zero attached hydrogens (tertiary/aromatic N) is 2. The van der Waals surface area contributed by atoms with Gasteiger partial charge in [0, 0.05) is 24.5 Å². The van der Waals surface area contributed by atoms with Crippen LogP contribution in [0.2, 0.25) is 0 Å². The average molecular weight is 236 g/mol. The van der Waals surface area contributed by atoms with Crippen molar-refractivity contribution in [3.8, 4) is 0 Å². The normalized spacial score (nSPS) is 22.2. The maximum atomic E-state index is 11.1. The Morgan fingerprint density at radius 1 is 1.53 bits per heavy atom. The minimum atomic E-state index is -0.961. The average Bonchev–Trinajstić information content (AvgIpc) is 2.39. The van der Waals surface area contributed by atoms with Crippen LogP contribution in [0.5, 0.6) is 0 Å². The van der Waals surface area contributed by atoms with E-state index in [4.69, 9.17) is 5.11 Å². The highest BCUT2D eigenvalue weighted by Crippen LogP contribution is 2.28. The number of aliphatic hydroxyl groups is 1. The van der Waals surface area contributed by atoms with Crippen LogP contribution in [-0.4, -0.2) is 38.8 Å². The summed E-state index contributed by atoms with van der Waals surface area (Å²) < 4.78 is 0. The summed E-state index contributed by atoms with van der Waals surface area (Å²) in [6.45, 7) is 0.497. The third-order valence-corrected chi connectivity index (χ3v) is 3.19. The summed E-state index contributed by atoms with van der Waals surface area (Å²) in [6, 6.07) is 3.16. The van der Waals surface area contributed by atoms with Gasteiger partial charge in [-0.1, -0.05) is 6.07 Å². The highest BCUT2D eigenvalue weighted by atomic mass is 16.4. The molecule has 5 nitrogen and oxygen atoms in total. The van der Waals surface area contributed by atoms with E-state index in [9.17, 15) is 9.90 Å². The number of aromatic nitrogens is 1. The van der Waals surface area contributed by atoms with Crippen LogP contribution in [0.4, 0.5) is 4.79 Å². The zero-order chi connectivity index (χ0) is 12.3. The lowest BCUT2D eigenvalue weighted by atomic mass is 9.94. The molecule has 1 aliphatic rings. The Labute approximate surface area is 99.7 Å². The van der Waals surface area contributed by atoms with E-state index in [1.807, 2.05) is 0 Å². The zero-order valence-corrected chi connectivity index (χ0v) is 9.49. The molecule has 5 heteroatoms. The molecule has 0 aliphatic carbocycles. The van der Waals surface area contributed by atoms with Gasteiger partial charge in [0.2, 0.25) is 0 Å². The van der Waals surface area contributed by atoms with Crippen LogP contribution >= 0.6 is 0 Å². The first kappa shape index (κ1) is 11.9. The Hall–Kier alpha value is -1.62. The van der Waals surface area contributed by atoms with Crippen LogP contribution in [0, 0.1) is 0 Å². The number of hydrogen-bond acceptors (Lipinski definition) is 3. The minimum Gasteiger partial charge on any atom is -0.465 e. The van der Waals surface area contributed by atoms with E-state index < -0.39 is 12.2 Å². The number of carboxylic acid groups (broad SMARTS) is 1. The summed E-state index contributed by atoms with van der Waals surface area (Å²) in [7, 11) is 0. The molecule has 2 N–H and O–H groups in total. The van der Waals surface area contributed by atoms with Crippen molar-refractivity contribution in [1.82, 2.24) is 9.88 Å². The van der Waals surface area contributed by atoms with Crippen LogP contribution in [0.3, 0.4) is 0 Å². The van der Waals surface area contributed by atoms with E-state index in [-0.39, 0.29) is 6.04 Å². The standard InChI is InChI=1S/C12H16N2O3/c15-11(9-4-3-6-13-8-9)10-5-1-2-7-14(10)12(16)17/h3-4,6,8,10-11,15H,1-2,5,7H2,(H,16,17). The molecular formula is C12H16N2O3. The molecular weight excluding hydrogens is 220 g/mol. The summed E-state index contributed by atoms with van der Waals surface area (Å²) in [6.07, 6.45) is 3.97. The fourth-order valence-electron chi connectivity index (χ4n) is 2.30. The third kappa shape index (κ3) is 2.55. The predicted molar refractivity (Wildman–Crippen MR) is 61.6 cm³/mol. The van der Waals surface area contributed by atoms with Gasteiger partial charge in [-0.05, 0) is 25.3 Å². The second-order valence-corrected chi connectivity index (χ2v) is 4.27. The van der Waals surface area contributed by atoms with Crippen molar-refractivity contribution in [1.29, 1.82) is 0 Å². The summed E-state index contributed by atoms with van der Waals surface area (Å²) in [4.78, 5) is 16.4. The Kier molecular flexibility index (Phi) is 3.58. The molecule has 1 aromatic heterocycles. The number of rotatable bonds is 2. The fourth-order valence-corrected chi connectivity index (χ4v) is 2.30. The van der Waals surface area contributed by atoms with Crippen LogP contribution in [0.1, 0.15) is 30.9 Å². The molecule has 1 fully saturated rings. The van der Waals surface area contributed by atoms with Gasteiger partial charge in [-0.15, -0.1) is 0 Å². The van der Waals surface area contributed by atoms with E-state index >= 15 is 0 Å². The molecule has 17 heavy (non-hydrogen) atoms. The second-order valence-electron chi connectivity index (χ2n) is 4.27. The van der Waals surface area contributed by atoms with Crippen molar-refractivity contribution in [3.05, 3.63) is 30.1 Å². The van der Waals surface area contributed by atoms with Crippen molar-refractivity contribution in [2.24, 2.45) is 0 Å². The first-order valence-electron chi connectivity index (χ1n) is 5.77. The van der Waals surface area contributed by atoms with Gasteiger partial charge >= 0.3 is 6.09 Å². The number of amides is 1. The van der Waals surface area contributed by atoms with Crippen LogP contribution in [0.15, 0.2) is 24.5 Å². The summed E-state index contributed by atoms with van der Waals surface area (Å²) in [5.74, 6) is 0. The summed E-state index contributed by atoms with van der Waals surface area (Å²) in [5, 5.41) is 19.3. The number of carbonyl (C=O) groups is 1. The van der Waals surface area contributed by atoms with Crippen molar-refractivity contribution < 1.29 is 15.0 Å².